The van der Waals surface area contributed by atoms with Crippen molar-refractivity contribution in [1.82, 2.24) is 10.3 Å². The molecular weight excluding hydrogens is 196 g/mol. The van der Waals surface area contributed by atoms with Crippen molar-refractivity contribution in [3.63, 3.8) is 0 Å². The van der Waals surface area contributed by atoms with Crippen LogP contribution in [0.25, 0.3) is 0 Å². The number of aromatic nitrogens is 1. The quantitative estimate of drug-likeness (QED) is 0.838. The topological polar surface area (TPSA) is 24.9 Å². The van der Waals surface area contributed by atoms with Gasteiger partial charge in [-0.2, -0.15) is 0 Å². The highest BCUT2D eigenvalue weighted by atomic mass is 15.0. The van der Waals surface area contributed by atoms with Gasteiger partial charge in [-0.15, -0.1) is 0 Å². The fourth-order valence-electron chi connectivity index (χ4n) is 2.67. The van der Waals surface area contributed by atoms with Crippen molar-refractivity contribution in [2.24, 2.45) is 5.92 Å². The van der Waals surface area contributed by atoms with Gasteiger partial charge >= 0.3 is 0 Å². The highest BCUT2D eigenvalue weighted by Gasteiger charge is 2.24. The molecule has 1 saturated carbocycles. The van der Waals surface area contributed by atoms with Crippen molar-refractivity contribution in [3.05, 3.63) is 30.1 Å². The van der Waals surface area contributed by atoms with Crippen molar-refractivity contribution in [1.29, 1.82) is 0 Å². The lowest BCUT2D eigenvalue weighted by molar-refractivity contribution is 0.433. The van der Waals surface area contributed by atoms with Crippen molar-refractivity contribution in [2.45, 2.75) is 51.6 Å². The van der Waals surface area contributed by atoms with Crippen LogP contribution in [0.3, 0.4) is 0 Å². The Morgan fingerprint density at radius 3 is 2.94 bits per heavy atom. The Balaban J connectivity index is 1.86. The van der Waals surface area contributed by atoms with Crippen LogP contribution in [0.2, 0.25) is 0 Å². The lowest BCUT2D eigenvalue weighted by Gasteiger charge is -2.19. The van der Waals surface area contributed by atoms with Gasteiger partial charge in [-0.3, -0.25) is 4.98 Å². The first kappa shape index (κ1) is 11.6. The highest BCUT2D eigenvalue weighted by molar-refractivity contribution is 5.08. The minimum atomic E-state index is 0.377. The van der Waals surface area contributed by atoms with Crippen LogP contribution in [0.5, 0.6) is 0 Å². The number of rotatable bonds is 4. The van der Waals surface area contributed by atoms with Crippen LogP contribution in [-0.2, 0) is 0 Å². The van der Waals surface area contributed by atoms with E-state index in [1.807, 2.05) is 12.3 Å². The van der Waals surface area contributed by atoms with E-state index in [2.05, 4.69) is 36.3 Å². The highest BCUT2D eigenvalue weighted by Crippen LogP contribution is 2.29. The largest absolute Gasteiger partial charge is 0.306 e. The van der Waals surface area contributed by atoms with Gasteiger partial charge in [-0.1, -0.05) is 19.4 Å². The molecule has 0 bridgehead atoms. The number of hydrogen-bond donors (Lipinski definition) is 1. The van der Waals surface area contributed by atoms with Gasteiger partial charge in [0, 0.05) is 18.3 Å². The van der Waals surface area contributed by atoms with Gasteiger partial charge in [0.05, 0.1) is 5.69 Å². The third-order valence-corrected chi connectivity index (χ3v) is 3.74. The van der Waals surface area contributed by atoms with Crippen LogP contribution in [0.1, 0.15) is 51.3 Å². The van der Waals surface area contributed by atoms with E-state index in [0.717, 1.165) is 11.6 Å². The summed E-state index contributed by atoms with van der Waals surface area (Å²) in [7, 11) is 0. The van der Waals surface area contributed by atoms with E-state index in [-0.39, 0.29) is 0 Å². The van der Waals surface area contributed by atoms with Crippen molar-refractivity contribution in [2.75, 3.05) is 0 Å². The molecular formula is C14H22N2. The smallest absolute Gasteiger partial charge is 0.0570 e. The minimum absolute atomic E-state index is 0.377. The average molecular weight is 218 g/mol. The standard InChI is InChI=1S/C14H22N2/c1-3-12-7-8-13(10-12)16-11(2)14-6-4-5-9-15-14/h4-6,9,11-13,16H,3,7-8,10H2,1-2H3. The third kappa shape index (κ3) is 2.82. The van der Waals surface area contributed by atoms with Gasteiger partial charge < -0.3 is 5.32 Å². The summed E-state index contributed by atoms with van der Waals surface area (Å²) in [6, 6.07) is 7.20. The van der Waals surface area contributed by atoms with Crippen LogP contribution in [0, 0.1) is 5.92 Å². The Morgan fingerprint density at radius 1 is 1.44 bits per heavy atom. The summed E-state index contributed by atoms with van der Waals surface area (Å²) in [5.74, 6) is 0.938. The van der Waals surface area contributed by atoms with Crippen LogP contribution >= 0.6 is 0 Å². The molecule has 0 aromatic carbocycles. The van der Waals surface area contributed by atoms with Gasteiger partial charge in [0.25, 0.3) is 0 Å². The maximum Gasteiger partial charge on any atom is 0.0570 e. The zero-order valence-corrected chi connectivity index (χ0v) is 10.3. The van der Waals surface area contributed by atoms with E-state index in [0.29, 0.717) is 12.1 Å². The molecule has 16 heavy (non-hydrogen) atoms. The average Bonchev–Trinajstić information content (AvgIpc) is 2.78. The second kappa shape index (κ2) is 5.44. The summed E-state index contributed by atoms with van der Waals surface area (Å²) in [5, 5.41) is 3.70. The molecule has 1 N–H and O–H groups in total. The van der Waals surface area contributed by atoms with E-state index in [9.17, 15) is 0 Å². The van der Waals surface area contributed by atoms with Crippen LogP contribution < -0.4 is 5.32 Å². The number of nitrogens with zero attached hydrogens (tertiary/aromatic N) is 1. The first-order valence-corrected chi connectivity index (χ1v) is 6.46. The van der Waals surface area contributed by atoms with Crippen LogP contribution in [-0.4, -0.2) is 11.0 Å². The lowest BCUT2D eigenvalue weighted by Crippen LogP contribution is -2.29. The molecule has 0 aliphatic heterocycles. The molecule has 1 heterocycles. The van der Waals surface area contributed by atoms with Crippen molar-refractivity contribution < 1.29 is 0 Å². The molecule has 3 unspecified atom stereocenters. The predicted octanol–water partition coefficient (Wildman–Crippen LogP) is 3.31. The monoisotopic (exact) mass is 218 g/mol. The zero-order valence-electron chi connectivity index (χ0n) is 10.3. The minimum Gasteiger partial charge on any atom is -0.306 e. The molecule has 0 amide bonds. The zero-order chi connectivity index (χ0) is 11.4. The van der Waals surface area contributed by atoms with Gasteiger partial charge in [0.2, 0.25) is 0 Å². The fourth-order valence-corrected chi connectivity index (χ4v) is 2.67. The summed E-state index contributed by atoms with van der Waals surface area (Å²) in [4.78, 5) is 4.40. The first-order chi connectivity index (χ1) is 7.79. The van der Waals surface area contributed by atoms with Gasteiger partial charge in [0.1, 0.15) is 0 Å². The molecule has 0 radical (unpaired) electrons. The molecule has 0 spiro atoms. The lowest BCUT2D eigenvalue weighted by atomic mass is 10.1. The SMILES string of the molecule is CCC1CCC(NC(C)c2ccccn2)C1. The van der Waals surface area contributed by atoms with Crippen LogP contribution in [0.4, 0.5) is 0 Å². The molecule has 1 aromatic rings. The maximum absolute atomic E-state index is 4.40. The van der Waals surface area contributed by atoms with E-state index in [4.69, 9.17) is 0 Å². The van der Waals surface area contributed by atoms with Gasteiger partial charge in [-0.05, 0) is 44.2 Å². The third-order valence-electron chi connectivity index (χ3n) is 3.74. The first-order valence-electron chi connectivity index (χ1n) is 6.46. The molecule has 88 valence electrons. The fraction of sp³-hybridized carbons (Fsp3) is 0.643. The van der Waals surface area contributed by atoms with Crippen molar-refractivity contribution in [3.8, 4) is 0 Å². The molecule has 1 aliphatic rings. The van der Waals surface area contributed by atoms with Crippen molar-refractivity contribution >= 4 is 0 Å². The molecule has 0 saturated heterocycles. The predicted molar refractivity (Wildman–Crippen MR) is 67.2 cm³/mol. The molecule has 2 heteroatoms. The molecule has 1 aromatic heterocycles. The van der Waals surface area contributed by atoms with E-state index in [1.165, 1.54) is 25.7 Å². The Hall–Kier alpha value is -0.890. The second-order valence-corrected chi connectivity index (χ2v) is 4.93. The van der Waals surface area contributed by atoms with E-state index in [1.54, 1.807) is 0 Å². The molecule has 1 fully saturated rings. The Kier molecular flexibility index (Phi) is 3.94. The van der Waals surface area contributed by atoms with E-state index >= 15 is 0 Å². The Bertz CT molecular complexity index is 310. The number of nitrogens with one attached hydrogen (secondary N) is 1. The molecule has 2 rings (SSSR count). The van der Waals surface area contributed by atoms with Gasteiger partial charge in [-0.25, -0.2) is 0 Å². The summed E-state index contributed by atoms with van der Waals surface area (Å²) < 4.78 is 0. The summed E-state index contributed by atoms with van der Waals surface area (Å²) in [6.45, 7) is 4.51. The molecule has 3 atom stereocenters. The van der Waals surface area contributed by atoms with E-state index < -0.39 is 0 Å². The van der Waals surface area contributed by atoms with Crippen LogP contribution in [0.15, 0.2) is 24.4 Å². The normalized spacial score (nSPS) is 26.9. The number of hydrogen-bond acceptors (Lipinski definition) is 2. The molecule has 2 nitrogen and oxygen atoms in total. The second-order valence-electron chi connectivity index (χ2n) is 4.93. The van der Waals surface area contributed by atoms with Gasteiger partial charge in [0.15, 0.2) is 0 Å². The summed E-state index contributed by atoms with van der Waals surface area (Å²) >= 11 is 0. The summed E-state index contributed by atoms with van der Waals surface area (Å²) in [6.07, 6.45) is 7.26. The summed E-state index contributed by atoms with van der Waals surface area (Å²) in [5.41, 5.74) is 1.16. The number of pyridine rings is 1. The molecule has 1 aliphatic carbocycles. The Labute approximate surface area is 98.5 Å². The maximum atomic E-state index is 4.40. The Morgan fingerprint density at radius 2 is 2.31 bits per heavy atom.